The highest BCUT2D eigenvalue weighted by Gasteiger charge is 2.48. The van der Waals surface area contributed by atoms with E-state index in [2.05, 4.69) is 10.1 Å². The predicted octanol–water partition coefficient (Wildman–Crippen LogP) is -0.521. The topological polar surface area (TPSA) is 55.4 Å². The van der Waals surface area contributed by atoms with Crippen LogP contribution >= 0.6 is 0 Å². The van der Waals surface area contributed by atoms with E-state index >= 15 is 0 Å². The molecule has 4 heteroatoms. The van der Waals surface area contributed by atoms with Crippen molar-refractivity contribution in [3.8, 4) is 0 Å². The van der Waals surface area contributed by atoms with Crippen LogP contribution in [0.15, 0.2) is 0 Å². The van der Waals surface area contributed by atoms with Crippen LogP contribution in [0.3, 0.4) is 0 Å². The number of carbonyl (C=O) groups excluding carboxylic acids is 2. The molecule has 0 aromatic heterocycles. The number of Topliss-reactive ketones (excluding diaryl/α,β-unsaturated/α-hetero) is 1. The van der Waals surface area contributed by atoms with Crippen LogP contribution in [-0.4, -0.2) is 30.9 Å². The summed E-state index contributed by atoms with van der Waals surface area (Å²) in [5.74, 6) is -0.229. The van der Waals surface area contributed by atoms with E-state index in [-0.39, 0.29) is 29.8 Å². The summed E-state index contributed by atoms with van der Waals surface area (Å²) < 4.78 is 4.58. The molecule has 2 aliphatic rings. The minimum Gasteiger partial charge on any atom is -0.468 e. The van der Waals surface area contributed by atoms with Crippen molar-refractivity contribution < 1.29 is 14.3 Å². The van der Waals surface area contributed by atoms with Crippen molar-refractivity contribution in [3.05, 3.63) is 0 Å². The standard InChI is InChI=1S/C8H11NO3/c1-12-8(11)7-5-2-4(9-7)3-6(5)10/h4-5,7,9H,2-3H2,1H3/t4-,5+,7-/m1/s1. The molecule has 2 fully saturated rings. The van der Waals surface area contributed by atoms with Crippen molar-refractivity contribution in [2.45, 2.75) is 24.9 Å². The van der Waals surface area contributed by atoms with Crippen molar-refractivity contribution in [1.82, 2.24) is 5.32 Å². The Hall–Kier alpha value is -0.900. The second kappa shape index (κ2) is 2.55. The molecule has 1 saturated heterocycles. The van der Waals surface area contributed by atoms with Crippen LogP contribution in [0.4, 0.5) is 0 Å². The van der Waals surface area contributed by atoms with Gasteiger partial charge in [-0.1, -0.05) is 0 Å². The molecule has 0 aromatic rings. The van der Waals surface area contributed by atoms with Crippen LogP contribution in [0.5, 0.6) is 0 Å². The van der Waals surface area contributed by atoms with Gasteiger partial charge >= 0.3 is 5.97 Å². The Morgan fingerprint density at radius 2 is 2.42 bits per heavy atom. The molecule has 0 amide bonds. The fourth-order valence-electron chi connectivity index (χ4n) is 2.09. The van der Waals surface area contributed by atoms with Gasteiger partial charge in [-0.3, -0.25) is 9.59 Å². The van der Waals surface area contributed by atoms with Crippen molar-refractivity contribution >= 4 is 11.8 Å². The number of ether oxygens (including phenoxy) is 1. The summed E-state index contributed by atoms with van der Waals surface area (Å²) >= 11 is 0. The first-order valence-corrected chi connectivity index (χ1v) is 4.09. The van der Waals surface area contributed by atoms with E-state index in [4.69, 9.17) is 0 Å². The summed E-state index contributed by atoms with van der Waals surface area (Å²) in [6, 6.07) is -0.159. The van der Waals surface area contributed by atoms with Gasteiger partial charge in [0.2, 0.25) is 0 Å². The molecule has 1 aliphatic heterocycles. The Kier molecular flexibility index (Phi) is 1.65. The molecule has 4 nitrogen and oxygen atoms in total. The lowest BCUT2D eigenvalue weighted by atomic mass is 9.99. The van der Waals surface area contributed by atoms with Crippen molar-refractivity contribution in [1.29, 1.82) is 0 Å². The lowest BCUT2D eigenvalue weighted by molar-refractivity contribution is -0.146. The van der Waals surface area contributed by atoms with Gasteiger partial charge in [0.05, 0.1) is 7.11 Å². The fraction of sp³-hybridized carbons (Fsp3) is 0.750. The maximum Gasteiger partial charge on any atom is 0.323 e. The highest BCUT2D eigenvalue weighted by molar-refractivity contribution is 5.92. The van der Waals surface area contributed by atoms with Crippen LogP contribution in [0.1, 0.15) is 12.8 Å². The van der Waals surface area contributed by atoms with Gasteiger partial charge in [0.15, 0.2) is 0 Å². The molecule has 1 heterocycles. The molecule has 66 valence electrons. The van der Waals surface area contributed by atoms with E-state index in [0.29, 0.717) is 6.42 Å². The number of methoxy groups -OCH3 is 1. The molecular formula is C8H11NO3. The highest BCUT2D eigenvalue weighted by atomic mass is 16.5. The zero-order valence-electron chi connectivity index (χ0n) is 6.87. The normalized spacial score (nSPS) is 38.8. The maximum absolute atomic E-state index is 11.2. The molecule has 2 bridgehead atoms. The summed E-state index contributed by atoms with van der Waals surface area (Å²) in [7, 11) is 1.35. The van der Waals surface area contributed by atoms with E-state index in [1.54, 1.807) is 0 Å². The molecule has 1 aliphatic carbocycles. The monoisotopic (exact) mass is 169 g/mol. The average Bonchev–Trinajstić information content (AvgIpc) is 2.60. The highest BCUT2D eigenvalue weighted by Crippen LogP contribution is 2.32. The largest absolute Gasteiger partial charge is 0.468 e. The van der Waals surface area contributed by atoms with Gasteiger partial charge in [0.25, 0.3) is 0 Å². The lowest BCUT2D eigenvalue weighted by Gasteiger charge is -2.19. The average molecular weight is 169 g/mol. The summed E-state index contributed by atoms with van der Waals surface area (Å²) in [5, 5.41) is 3.08. The summed E-state index contributed by atoms with van der Waals surface area (Å²) in [5.41, 5.74) is 0. The Balaban J connectivity index is 2.12. The molecule has 3 atom stereocenters. The third-order valence-corrected chi connectivity index (χ3v) is 2.67. The van der Waals surface area contributed by atoms with E-state index < -0.39 is 0 Å². The van der Waals surface area contributed by atoms with Crippen LogP contribution < -0.4 is 5.32 Å². The first kappa shape index (κ1) is 7.73. The van der Waals surface area contributed by atoms with Crippen molar-refractivity contribution in [2.75, 3.05) is 7.11 Å². The number of hydrogen-bond acceptors (Lipinski definition) is 4. The molecule has 1 saturated carbocycles. The molecular weight excluding hydrogens is 158 g/mol. The quantitative estimate of drug-likeness (QED) is 0.536. The van der Waals surface area contributed by atoms with E-state index in [1.165, 1.54) is 7.11 Å². The van der Waals surface area contributed by atoms with Crippen molar-refractivity contribution in [3.63, 3.8) is 0 Å². The number of ketones is 1. The Morgan fingerprint density at radius 3 is 2.92 bits per heavy atom. The first-order valence-electron chi connectivity index (χ1n) is 4.09. The number of fused-ring (bicyclic) bond motifs is 2. The number of esters is 1. The summed E-state index contributed by atoms with van der Waals surface area (Å²) in [4.78, 5) is 22.3. The Morgan fingerprint density at radius 1 is 1.67 bits per heavy atom. The van der Waals surface area contributed by atoms with E-state index in [0.717, 1.165) is 6.42 Å². The smallest absolute Gasteiger partial charge is 0.323 e. The summed E-state index contributed by atoms with van der Waals surface area (Å²) in [6.45, 7) is 0. The number of carbonyl (C=O) groups is 2. The summed E-state index contributed by atoms with van der Waals surface area (Å²) in [6.07, 6.45) is 1.39. The zero-order chi connectivity index (χ0) is 8.72. The van der Waals surface area contributed by atoms with Crippen LogP contribution in [-0.2, 0) is 14.3 Å². The molecule has 0 aromatic carbocycles. The van der Waals surface area contributed by atoms with E-state index in [1.807, 2.05) is 0 Å². The van der Waals surface area contributed by atoms with Gasteiger partial charge in [0.1, 0.15) is 11.8 Å². The van der Waals surface area contributed by atoms with Gasteiger partial charge in [-0.05, 0) is 6.42 Å². The van der Waals surface area contributed by atoms with E-state index in [9.17, 15) is 9.59 Å². The maximum atomic E-state index is 11.2. The molecule has 0 radical (unpaired) electrons. The zero-order valence-corrected chi connectivity index (χ0v) is 6.87. The number of hydrogen-bond donors (Lipinski definition) is 1. The van der Waals surface area contributed by atoms with Gasteiger partial charge in [-0.15, -0.1) is 0 Å². The Bertz CT molecular complexity index is 238. The van der Waals surface area contributed by atoms with Crippen molar-refractivity contribution in [2.24, 2.45) is 5.92 Å². The van der Waals surface area contributed by atoms with Crippen LogP contribution in [0, 0.1) is 5.92 Å². The first-order chi connectivity index (χ1) is 5.72. The molecule has 2 rings (SSSR count). The number of piperidine rings is 1. The van der Waals surface area contributed by atoms with Gasteiger partial charge in [-0.25, -0.2) is 0 Å². The van der Waals surface area contributed by atoms with Gasteiger partial charge in [-0.2, -0.15) is 0 Å². The number of rotatable bonds is 1. The predicted molar refractivity (Wildman–Crippen MR) is 40.5 cm³/mol. The third-order valence-electron chi connectivity index (χ3n) is 2.67. The third kappa shape index (κ3) is 0.948. The second-order valence-electron chi connectivity index (χ2n) is 3.38. The SMILES string of the molecule is COC(=O)[C@@H]1N[C@H]2CC(=O)[C@@H]1C2. The molecule has 0 unspecified atom stereocenters. The molecule has 0 spiro atoms. The van der Waals surface area contributed by atoms with Gasteiger partial charge in [0, 0.05) is 18.4 Å². The fourth-order valence-corrected chi connectivity index (χ4v) is 2.09. The van der Waals surface area contributed by atoms with Crippen LogP contribution in [0.25, 0.3) is 0 Å². The lowest BCUT2D eigenvalue weighted by Crippen LogP contribution is -2.45. The number of nitrogens with one attached hydrogen (secondary N) is 1. The second-order valence-corrected chi connectivity index (χ2v) is 3.38. The minimum atomic E-state index is -0.374. The Labute approximate surface area is 70.3 Å². The van der Waals surface area contributed by atoms with Crippen LogP contribution in [0.2, 0.25) is 0 Å². The molecule has 1 N–H and O–H groups in total. The molecule has 12 heavy (non-hydrogen) atoms. The minimum absolute atomic E-state index is 0.123. The van der Waals surface area contributed by atoms with Gasteiger partial charge < -0.3 is 10.1 Å².